The molecular formula is C30H30N4O6S. The van der Waals surface area contributed by atoms with Crippen molar-refractivity contribution in [1.29, 1.82) is 0 Å². The van der Waals surface area contributed by atoms with Gasteiger partial charge in [-0.15, -0.1) is 0 Å². The monoisotopic (exact) mass is 574 g/mol. The first-order valence-corrected chi connectivity index (χ1v) is 14.3. The van der Waals surface area contributed by atoms with Crippen LogP contribution in [0.5, 0.6) is 5.75 Å². The highest BCUT2D eigenvalue weighted by atomic mass is 32.2. The molecule has 212 valence electrons. The van der Waals surface area contributed by atoms with Crippen LogP contribution < -0.4 is 15.5 Å². The van der Waals surface area contributed by atoms with Gasteiger partial charge in [-0.2, -0.15) is 9.41 Å². The van der Waals surface area contributed by atoms with Gasteiger partial charge in [-0.25, -0.2) is 13.8 Å². The molecule has 1 heterocycles. The summed E-state index contributed by atoms with van der Waals surface area (Å²) in [6.45, 7) is 4.38. The Morgan fingerprint density at radius 2 is 1.61 bits per heavy atom. The molecule has 0 saturated heterocycles. The fourth-order valence-corrected chi connectivity index (χ4v) is 5.18. The van der Waals surface area contributed by atoms with Gasteiger partial charge in [0, 0.05) is 12.2 Å². The normalized spacial score (nSPS) is 11.5. The van der Waals surface area contributed by atoms with Crippen molar-refractivity contribution in [2.75, 3.05) is 11.9 Å². The van der Waals surface area contributed by atoms with Crippen molar-refractivity contribution in [2.24, 2.45) is 5.10 Å². The van der Waals surface area contributed by atoms with Crippen LogP contribution in [-0.4, -0.2) is 37.4 Å². The maximum absolute atomic E-state index is 13.5. The SMILES string of the molecule is CCOc1ccc(NC(=O)C(=O)N/N=C/c2ccc(CN(Cc3ccccc3)S(=O)(=O)c3ccc(C)cc3)o2)cc1. The van der Waals surface area contributed by atoms with E-state index in [0.717, 1.165) is 11.1 Å². The number of hydrogen-bond acceptors (Lipinski definition) is 7. The van der Waals surface area contributed by atoms with Gasteiger partial charge < -0.3 is 14.5 Å². The summed E-state index contributed by atoms with van der Waals surface area (Å²) >= 11 is 0. The lowest BCUT2D eigenvalue weighted by atomic mass is 10.2. The first-order chi connectivity index (χ1) is 19.7. The van der Waals surface area contributed by atoms with E-state index in [9.17, 15) is 18.0 Å². The second-order valence-electron chi connectivity index (χ2n) is 8.99. The second kappa shape index (κ2) is 13.6. The summed E-state index contributed by atoms with van der Waals surface area (Å²) in [5, 5.41) is 6.25. The molecule has 0 bridgehead atoms. The van der Waals surface area contributed by atoms with Crippen molar-refractivity contribution < 1.29 is 27.2 Å². The van der Waals surface area contributed by atoms with E-state index in [1.807, 2.05) is 44.2 Å². The van der Waals surface area contributed by atoms with Crippen molar-refractivity contribution in [3.8, 4) is 5.75 Å². The molecule has 0 aliphatic heterocycles. The molecular weight excluding hydrogens is 544 g/mol. The van der Waals surface area contributed by atoms with Gasteiger partial charge in [0.1, 0.15) is 17.3 Å². The Kier molecular flexibility index (Phi) is 9.67. The van der Waals surface area contributed by atoms with Crippen LogP contribution in [-0.2, 0) is 32.7 Å². The highest BCUT2D eigenvalue weighted by Gasteiger charge is 2.26. The first-order valence-electron chi connectivity index (χ1n) is 12.8. The molecule has 0 radical (unpaired) electrons. The lowest BCUT2D eigenvalue weighted by Gasteiger charge is -2.21. The molecule has 3 aromatic carbocycles. The minimum atomic E-state index is -3.84. The van der Waals surface area contributed by atoms with E-state index >= 15 is 0 Å². The maximum Gasteiger partial charge on any atom is 0.329 e. The van der Waals surface area contributed by atoms with Gasteiger partial charge >= 0.3 is 11.8 Å². The Morgan fingerprint density at radius 1 is 0.902 bits per heavy atom. The third-order valence-corrected chi connectivity index (χ3v) is 7.67. The van der Waals surface area contributed by atoms with Crippen molar-refractivity contribution in [3.63, 3.8) is 0 Å². The van der Waals surface area contributed by atoms with Crippen LogP contribution in [0.25, 0.3) is 0 Å². The molecule has 0 spiro atoms. The Morgan fingerprint density at radius 3 is 2.29 bits per heavy atom. The number of rotatable bonds is 11. The fourth-order valence-electron chi connectivity index (χ4n) is 3.79. The molecule has 2 amide bonds. The summed E-state index contributed by atoms with van der Waals surface area (Å²) in [5.41, 5.74) is 4.34. The van der Waals surface area contributed by atoms with Crippen molar-refractivity contribution in [3.05, 3.63) is 114 Å². The molecule has 4 aromatic rings. The number of nitrogens with zero attached hydrogens (tertiary/aromatic N) is 2. The number of benzene rings is 3. The molecule has 0 fully saturated rings. The lowest BCUT2D eigenvalue weighted by molar-refractivity contribution is -0.136. The lowest BCUT2D eigenvalue weighted by Crippen LogP contribution is -2.32. The summed E-state index contributed by atoms with van der Waals surface area (Å²) < 4.78 is 39.5. The number of sulfonamides is 1. The van der Waals surface area contributed by atoms with Crippen molar-refractivity contribution in [1.82, 2.24) is 9.73 Å². The van der Waals surface area contributed by atoms with Gasteiger partial charge in [0.2, 0.25) is 10.0 Å². The quantitative estimate of drug-likeness (QED) is 0.154. The molecule has 41 heavy (non-hydrogen) atoms. The largest absolute Gasteiger partial charge is 0.494 e. The molecule has 4 rings (SSSR count). The van der Waals surface area contributed by atoms with Gasteiger partial charge in [0.05, 0.1) is 24.3 Å². The van der Waals surface area contributed by atoms with Crippen LogP contribution in [0.3, 0.4) is 0 Å². The number of amides is 2. The zero-order valence-corrected chi connectivity index (χ0v) is 23.4. The van der Waals surface area contributed by atoms with Crippen LogP contribution >= 0.6 is 0 Å². The Hall–Kier alpha value is -4.74. The third kappa shape index (κ3) is 8.13. The average Bonchev–Trinajstić information content (AvgIpc) is 3.41. The van der Waals surface area contributed by atoms with Gasteiger partial charge in [-0.05, 0) is 67.9 Å². The summed E-state index contributed by atoms with van der Waals surface area (Å²) in [6.07, 6.45) is 1.22. The maximum atomic E-state index is 13.5. The van der Waals surface area contributed by atoms with Crippen molar-refractivity contribution in [2.45, 2.75) is 31.8 Å². The number of carbonyl (C=O) groups excluding carboxylic acids is 2. The molecule has 2 N–H and O–H groups in total. The van der Waals surface area contributed by atoms with E-state index in [1.54, 1.807) is 60.7 Å². The second-order valence-corrected chi connectivity index (χ2v) is 10.9. The van der Waals surface area contributed by atoms with E-state index in [2.05, 4.69) is 15.8 Å². The molecule has 0 aliphatic carbocycles. The third-order valence-electron chi connectivity index (χ3n) is 5.86. The first kappa shape index (κ1) is 29.2. The molecule has 1 aromatic heterocycles. The average molecular weight is 575 g/mol. The summed E-state index contributed by atoms with van der Waals surface area (Å²) in [4.78, 5) is 24.5. The number of nitrogens with one attached hydrogen (secondary N) is 2. The number of hydrazone groups is 1. The van der Waals surface area contributed by atoms with Gasteiger partial charge in [0.25, 0.3) is 0 Å². The highest BCUT2D eigenvalue weighted by Crippen LogP contribution is 2.22. The highest BCUT2D eigenvalue weighted by molar-refractivity contribution is 7.89. The van der Waals surface area contributed by atoms with Crippen LogP contribution in [0, 0.1) is 6.92 Å². The number of anilines is 1. The Labute approximate surface area is 238 Å². The number of hydrogen-bond donors (Lipinski definition) is 2. The summed E-state index contributed by atoms with van der Waals surface area (Å²) in [7, 11) is -3.84. The molecule has 0 saturated carbocycles. The van der Waals surface area contributed by atoms with Crippen LogP contribution in [0.2, 0.25) is 0 Å². The summed E-state index contributed by atoms with van der Waals surface area (Å²) in [6, 6.07) is 25.7. The molecule has 0 aliphatic rings. The predicted molar refractivity (Wildman–Crippen MR) is 155 cm³/mol. The number of aryl methyl sites for hydroxylation is 1. The molecule has 0 atom stereocenters. The van der Waals surface area contributed by atoms with Crippen LogP contribution in [0.15, 0.2) is 105 Å². The van der Waals surface area contributed by atoms with E-state index in [0.29, 0.717) is 23.8 Å². The van der Waals surface area contributed by atoms with Crippen molar-refractivity contribution >= 4 is 33.7 Å². The van der Waals surface area contributed by atoms with Gasteiger partial charge in [0.15, 0.2) is 0 Å². The van der Waals surface area contributed by atoms with Gasteiger partial charge in [-0.1, -0.05) is 48.0 Å². The standard InChI is InChI=1S/C30H30N4O6S/c1-3-39-25-13-11-24(12-14-25)32-29(35)30(36)33-31-19-26-15-16-27(40-26)21-34(20-23-7-5-4-6-8-23)41(37,38)28-17-9-22(2)10-18-28/h4-19H,3,20-21H2,1-2H3,(H,32,35)(H,33,36)/b31-19+. The Bertz CT molecular complexity index is 1600. The minimum Gasteiger partial charge on any atom is -0.494 e. The number of ether oxygens (including phenoxy) is 1. The number of carbonyl (C=O) groups is 2. The molecule has 11 heteroatoms. The summed E-state index contributed by atoms with van der Waals surface area (Å²) in [5.74, 6) is -0.588. The fraction of sp³-hybridized carbons (Fsp3) is 0.167. The number of furan rings is 1. The van der Waals surface area contributed by atoms with E-state index < -0.39 is 21.8 Å². The molecule has 0 unspecified atom stereocenters. The van der Waals surface area contributed by atoms with E-state index in [1.165, 1.54) is 10.5 Å². The zero-order valence-electron chi connectivity index (χ0n) is 22.6. The van der Waals surface area contributed by atoms with Crippen LogP contribution in [0.4, 0.5) is 5.69 Å². The Balaban J connectivity index is 1.39. The molecule has 10 nitrogen and oxygen atoms in total. The van der Waals surface area contributed by atoms with E-state index in [4.69, 9.17) is 9.15 Å². The minimum absolute atomic E-state index is 0.0319. The topological polar surface area (TPSA) is 130 Å². The zero-order chi connectivity index (χ0) is 29.2. The van der Waals surface area contributed by atoms with E-state index in [-0.39, 0.29) is 23.7 Å². The smallest absolute Gasteiger partial charge is 0.329 e. The van der Waals surface area contributed by atoms with Crippen LogP contribution in [0.1, 0.15) is 29.6 Å². The van der Waals surface area contributed by atoms with Gasteiger partial charge in [-0.3, -0.25) is 9.59 Å². The predicted octanol–water partition coefficient (Wildman–Crippen LogP) is 4.47.